The number of rotatable bonds is 16. The molecule has 0 bridgehead atoms. The van der Waals surface area contributed by atoms with Gasteiger partial charge < -0.3 is 45.0 Å². The van der Waals surface area contributed by atoms with Gasteiger partial charge in [-0.3, -0.25) is 19.2 Å². The number of carbonyl (C=O) groups is 4. The topological polar surface area (TPSA) is 136 Å². The zero-order chi connectivity index (χ0) is 65.9. The third-order valence-corrected chi connectivity index (χ3v) is 22.8. The molecule has 4 amide bonds. The number of piperidine rings is 3. The van der Waals surface area contributed by atoms with Crippen LogP contribution >= 0.6 is 0 Å². The standard InChI is InChI=1S/C27H41FN2O2.C27H41N3O2.C24H38N2O2.3H2/c1-26(2,3)10-13-30-14-11-27(12-15-30)9-6-24(22-5-4-21(28)19-23(22)27)29-25(31)18-20-7-16-32-17-8-20;1-20(30-16-7-10-24(30)31)25(32)28-23-11-12-27(22-9-6-5-8-21(22)23)14-18-29(19-15-27)17-13-26(2,3)4;1-23(2,3)12-15-26-16-13-24(14-17-26)11-9-21(25-22(27)10-18-28-4)19-7-5-6-8-20(19)24;;;/h4-5,19-20,24H,6-18H2,1-3H3,(H,29,31);5-6,8-9,20,23H,7,10-19H2,1-4H3,(H,28,32);5-8,21H,9-18H2,1-4H3,(H,25,27);3*1H/t24-;20-,23+;21-;;;/m000.../s1. The molecular weight excluding hydrogens is 1150 g/mol. The Morgan fingerprint density at radius 2 is 1.00 bits per heavy atom. The largest absolute Gasteiger partial charge is 0.384 e. The fraction of sp³-hybridized carbons (Fsp3) is 0.718. The van der Waals surface area contributed by atoms with E-state index in [4.69, 9.17) is 9.47 Å². The average molecular weight is 1280 g/mol. The Labute approximate surface area is 559 Å². The summed E-state index contributed by atoms with van der Waals surface area (Å²) in [6.07, 6.45) is 21.4. The van der Waals surface area contributed by atoms with Gasteiger partial charge in [-0.15, -0.1) is 0 Å². The number of hydrogen-bond donors (Lipinski definition) is 3. The summed E-state index contributed by atoms with van der Waals surface area (Å²) in [4.78, 5) is 59.7. The van der Waals surface area contributed by atoms with Gasteiger partial charge in [0.25, 0.3) is 0 Å². The van der Waals surface area contributed by atoms with Crippen molar-refractivity contribution in [2.45, 2.75) is 244 Å². The lowest BCUT2D eigenvalue weighted by atomic mass is 9.63. The lowest BCUT2D eigenvalue weighted by Gasteiger charge is -2.47. The first-order chi connectivity index (χ1) is 43.8. The Hall–Kier alpha value is -4.73. The van der Waals surface area contributed by atoms with Crippen LogP contribution in [0.4, 0.5) is 4.39 Å². The third kappa shape index (κ3) is 19.1. The minimum absolute atomic E-state index is 0. The van der Waals surface area contributed by atoms with Gasteiger partial charge in [0.05, 0.1) is 24.7 Å². The van der Waals surface area contributed by atoms with Crippen LogP contribution in [0.5, 0.6) is 0 Å². The van der Waals surface area contributed by atoms with E-state index in [9.17, 15) is 23.6 Å². The molecule has 5 fully saturated rings. The number of nitrogens with one attached hydrogen (secondary N) is 3. The fourth-order valence-corrected chi connectivity index (χ4v) is 16.5. The molecule has 5 aliphatic heterocycles. The monoisotopic (exact) mass is 1280 g/mol. The number of likely N-dealkylation sites (tertiary alicyclic amines) is 4. The van der Waals surface area contributed by atoms with Gasteiger partial charge in [0.1, 0.15) is 11.9 Å². The average Bonchev–Trinajstić information content (AvgIpc) is 1.03. The highest BCUT2D eigenvalue weighted by molar-refractivity contribution is 5.88. The van der Waals surface area contributed by atoms with E-state index in [1.165, 1.54) is 99.8 Å². The van der Waals surface area contributed by atoms with Crippen molar-refractivity contribution < 1.29 is 37.3 Å². The van der Waals surface area contributed by atoms with Crippen LogP contribution in [-0.4, -0.2) is 142 Å². The van der Waals surface area contributed by atoms with E-state index >= 15 is 0 Å². The first kappa shape index (κ1) is 71.6. The molecule has 3 aliphatic carbocycles. The van der Waals surface area contributed by atoms with Gasteiger partial charge in [0.2, 0.25) is 23.6 Å². The Morgan fingerprint density at radius 1 is 0.576 bits per heavy atom. The van der Waals surface area contributed by atoms with E-state index in [-0.39, 0.29) is 68.7 Å². The van der Waals surface area contributed by atoms with Crippen molar-refractivity contribution in [1.82, 2.24) is 35.6 Å². The molecule has 516 valence electrons. The van der Waals surface area contributed by atoms with Gasteiger partial charge in [0.15, 0.2) is 0 Å². The Kier molecular flexibility index (Phi) is 24.4. The molecule has 92 heavy (non-hydrogen) atoms. The van der Waals surface area contributed by atoms with Crippen LogP contribution in [0.2, 0.25) is 0 Å². The predicted molar refractivity (Wildman–Crippen MR) is 375 cm³/mol. The highest BCUT2D eigenvalue weighted by Gasteiger charge is 2.46. The molecular formula is C78H126FN7O6. The number of carbonyl (C=O) groups excluding carboxylic acids is 4. The highest BCUT2D eigenvalue weighted by Crippen LogP contribution is 2.51. The van der Waals surface area contributed by atoms with Crippen molar-refractivity contribution >= 4 is 23.6 Å². The Morgan fingerprint density at radius 3 is 1.43 bits per heavy atom. The van der Waals surface area contributed by atoms with E-state index in [1.807, 2.05) is 13.0 Å². The molecule has 13 nitrogen and oxygen atoms in total. The van der Waals surface area contributed by atoms with Crippen molar-refractivity contribution in [3.8, 4) is 0 Å². The van der Waals surface area contributed by atoms with Gasteiger partial charge in [-0.25, -0.2) is 4.39 Å². The van der Waals surface area contributed by atoms with E-state index in [1.54, 1.807) is 24.1 Å². The van der Waals surface area contributed by atoms with Crippen molar-refractivity contribution in [2.24, 2.45) is 22.2 Å². The van der Waals surface area contributed by atoms with Crippen LogP contribution in [0, 0.1) is 28.0 Å². The van der Waals surface area contributed by atoms with Crippen molar-refractivity contribution in [1.29, 1.82) is 0 Å². The lowest BCUT2D eigenvalue weighted by Crippen LogP contribution is -2.49. The Bertz CT molecular complexity index is 2920. The van der Waals surface area contributed by atoms with E-state index < -0.39 is 0 Å². The number of hydrogen-bond acceptors (Lipinski definition) is 9. The number of benzene rings is 3. The molecule has 0 aromatic heterocycles. The van der Waals surface area contributed by atoms with E-state index in [0.29, 0.717) is 60.0 Å². The molecule has 5 saturated heterocycles. The van der Waals surface area contributed by atoms with Gasteiger partial charge in [-0.2, -0.15) is 0 Å². The quantitative estimate of drug-likeness (QED) is 0.128. The zero-order valence-corrected chi connectivity index (χ0v) is 58.9. The molecule has 0 radical (unpaired) electrons. The summed E-state index contributed by atoms with van der Waals surface area (Å²) in [7, 11) is 1.64. The smallest absolute Gasteiger partial charge is 0.242 e. The number of nitrogens with zero attached hydrogens (tertiary/aromatic N) is 4. The summed E-state index contributed by atoms with van der Waals surface area (Å²) in [5, 5.41) is 9.84. The molecule has 3 N–H and O–H groups in total. The second kappa shape index (κ2) is 31.4. The number of methoxy groups -OCH3 is 1. The molecule has 0 unspecified atom stereocenters. The minimum Gasteiger partial charge on any atom is -0.384 e. The van der Waals surface area contributed by atoms with E-state index in [2.05, 4.69) is 141 Å². The summed E-state index contributed by atoms with van der Waals surface area (Å²) in [6.45, 7) is 35.8. The fourth-order valence-electron chi connectivity index (χ4n) is 16.5. The zero-order valence-electron chi connectivity index (χ0n) is 58.9. The molecule has 11 rings (SSSR count). The molecule has 4 atom stereocenters. The van der Waals surface area contributed by atoms with Crippen LogP contribution < -0.4 is 16.0 Å². The maximum atomic E-state index is 14.4. The lowest BCUT2D eigenvalue weighted by molar-refractivity contribution is -0.137. The molecule has 14 heteroatoms. The first-order valence-electron chi connectivity index (χ1n) is 36.2. The van der Waals surface area contributed by atoms with Crippen LogP contribution in [-0.2, 0) is 44.9 Å². The summed E-state index contributed by atoms with van der Waals surface area (Å²) in [6, 6.07) is 22.6. The van der Waals surface area contributed by atoms with Crippen LogP contribution in [0.1, 0.15) is 260 Å². The number of amides is 4. The van der Waals surface area contributed by atoms with Crippen LogP contribution in [0.3, 0.4) is 0 Å². The highest BCUT2D eigenvalue weighted by atomic mass is 19.1. The summed E-state index contributed by atoms with van der Waals surface area (Å²) in [5.41, 5.74) is 9.56. The molecule has 3 spiro atoms. The van der Waals surface area contributed by atoms with Crippen molar-refractivity contribution in [3.63, 3.8) is 0 Å². The molecule has 5 heterocycles. The summed E-state index contributed by atoms with van der Waals surface area (Å²) in [5.74, 6) is 0.567. The van der Waals surface area contributed by atoms with Gasteiger partial charge in [-0.1, -0.05) is 117 Å². The van der Waals surface area contributed by atoms with Crippen molar-refractivity contribution in [2.75, 3.05) is 92.4 Å². The summed E-state index contributed by atoms with van der Waals surface area (Å²) >= 11 is 0. The van der Waals surface area contributed by atoms with Gasteiger partial charge in [0, 0.05) is 50.4 Å². The molecule has 8 aliphatic rings. The van der Waals surface area contributed by atoms with Crippen LogP contribution in [0.25, 0.3) is 0 Å². The maximum Gasteiger partial charge on any atom is 0.242 e. The maximum absolute atomic E-state index is 14.4. The van der Waals surface area contributed by atoms with Crippen molar-refractivity contribution in [3.05, 3.63) is 106 Å². The third-order valence-electron chi connectivity index (χ3n) is 22.8. The second-order valence-corrected chi connectivity index (χ2v) is 33.0. The molecule has 3 aromatic carbocycles. The number of fused-ring (bicyclic) bond motifs is 6. The normalized spacial score (nSPS) is 23.7. The van der Waals surface area contributed by atoms with Crippen LogP contribution in [0.15, 0.2) is 66.7 Å². The first-order valence-corrected chi connectivity index (χ1v) is 36.2. The summed E-state index contributed by atoms with van der Waals surface area (Å²) < 4.78 is 24.8. The molecule has 0 saturated carbocycles. The second-order valence-electron chi connectivity index (χ2n) is 33.0. The SMILES string of the molecule is CC(C)(C)CCN1CCC2(CC[C@H](NC(=O)CC3CCOCC3)c3ccc(F)cc32)CC1.COCCC(=O)N[C@H]1CCC2(CCN(CCC(C)(C)C)CC2)c2ccccc21.C[C@@H](C(=O)N[C@@H]1CCC2(CCN(CCC(C)(C)C)CC2)c2ccccc21)N1CCCC1=O.[HH].[HH].[HH]. The molecule has 3 aromatic rings. The van der Waals surface area contributed by atoms with E-state index in [0.717, 1.165) is 121 Å². The van der Waals surface area contributed by atoms with Gasteiger partial charge >= 0.3 is 0 Å². The van der Waals surface area contributed by atoms with Gasteiger partial charge in [-0.05, 0) is 265 Å². The number of ether oxygens (including phenoxy) is 2. The Balaban J connectivity index is 0.000000223. The minimum atomic E-state index is -0.390. The number of halogens is 1. The predicted octanol–water partition coefficient (Wildman–Crippen LogP) is 15.0.